The average molecular weight is 161 g/mol. The molecule has 0 atom stereocenters. The molecule has 0 aromatic heterocycles. The normalized spacial score (nSPS) is 23.0. The zero-order valence-electron chi connectivity index (χ0n) is 4.25. The van der Waals surface area contributed by atoms with Gasteiger partial charge in [0.2, 0.25) is 0 Å². The molecule has 1 fully saturated rings. The molecule has 1 rings (SSSR count). The van der Waals surface area contributed by atoms with Crippen molar-refractivity contribution in [3.8, 4) is 0 Å². The van der Waals surface area contributed by atoms with Gasteiger partial charge in [0.25, 0.3) is 11.1 Å². The van der Waals surface area contributed by atoms with E-state index in [0.29, 0.717) is 4.91 Å². The first-order valence-corrected chi connectivity index (χ1v) is 3.45. The maximum Gasteiger partial charge on any atom is 0.290 e. The van der Waals surface area contributed by atoms with Crippen molar-refractivity contribution in [3.05, 3.63) is 10.3 Å². The number of hydrogen-bond acceptors (Lipinski definition) is 4. The van der Waals surface area contributed by atoms with Crippen LogP contribution in [0.2, 0.25) is 0 Å². The van der Waals surface area contributed by atoms with Gasteiger partial charge in [-0.2, -0.15) is 12.6 Å². The SMILES string of the molecule is O=C1NC(=O)/C(=C/S)S1. The Kier molecular flexibility index (Phi) is 1.82. The molecule has 0 aliphatic carbocycles. The lowest BCUT2D eigenvalue weighted by Crippen LogP contribution is -2.17. The number of imide groups is 1. The molecule has 0 bridgehead atoms. The van der Waals surface area contributed by atoms with Crippen LogP contribution >= 0.6 is 24.4 Å². The lowest BCUT2D eigenvalue weighted by molar-refractivity contribution is -0.115. The number of thiol groups is 1. The fourth-order valence-electron chi connectivity index (χ4n) is 0.411. The van der Waals surface area contributed by atoms with Gasteiger partial charge in [-0.05, 0) is 17.2 Å². The maximum atomic E-state index is 10.5. The molecule has 1 aliphatic heterocycles. The molecule has 0 saturated carbocycles. The van der Waals surface area contributed by atoms with E-state index in [4.69, 9.17) is 0 Å². The van der Waals surface area contributed by atoms with E-state index in [-0.39, 0.29) is 11.1 Å². The van der Waals surface area contributed by atoms with Crippen LogP contribution in [-0.2, 0) is 4.79 Å². The standard InChI is InChI=1S/C4H3NO2S2/c6-3-2(1-8)9-4(7)5-3/h1,8H,(H,5,6,7)/b2-1-. The third kappa shape index (κ3) is 1.28. The van der Waals surface area contributed by atoms with E-state index in [1.807, 2.05) is 0 Å². The Balaban J connectivity index is 2.81. The molecule has 0 unspecified atom stereocenters. The smallest absolute Gasteiger partial charge is 0.282 e. The van der Waals surface area contributed by atoms with Crippen molar-refractivity contribution in [2.24, 2.45) is 0 Å². The summed E-state index contributed by atoms with van der Waals surface area (Å²) >= 11 is 4.58. The van der Waals surface area contributed by atoms with Gasteiger partial charge in [0, 0.05) is 0 Å². The van der Waals surface area contributed by atoms with E-state index in [1.54, 1.807) is 0 Å². The first kappa shape index (κ1) is 6.70. The van der Waals surface area contributed by atoms with E-state index >= 15 is 0 Å². The Labute approximate surface area is 61.3 Å². The second kappa shape index (κ2) is 2.45. The van der Waals surface area contributed by atoms with Crippen LogP contribution in [-0.4, -0.2) is 11.1 Å². The van der Waals surface area contributed by atoms with Crippen molar-refractivity contribution in [2.75, 3.05) is 0 Å². The highest BCUT2D eigenvalue weighted by Crippen LogP contribution is 2.22. The number of carbonyl (C=O) groups excluding carboxylic acids is 2. The zero-order chi connectivity index (χ0) is 6.85. The molecule has 2 amide bonds. The van der Waals surface area contributed by atoms with Crippen molar-refractivity contribution in [3.63, 3.8) is 0 Å². The van der Waals surface area contributed by atoms with Crippen LogP contribution in [0.3, 0.4) is 0 Å². The molecular formula is C4H3NO2S2. The Morgan fingerprint density at radius 3 is 2.44 bits per heavy atom. The van der Waals surface area contributed by atoms with E-state index in [0.717, 1.165) is 11.8 Å². The largest absolute Gasteiger partial charge is 0.290 e. The summed E-state index contributed by atoms with van der Waals surface area (Å²) in [6.45, 7) is 0. The van der Waals surface area contributed by atoms with E-state index < -0.39 is 0 Å². The monoisotopic (exact) mass is 161 g/mol. The fourth-order valence-corrected chi connectivity index (χ4v) is 1.23. The van der Waals surface area contributed by atoms with Crippen LogP contribution in [0.5, 0.6) is 0 Å². The summed E-state index contributed by atoms with van der Waals surface area (Å²) in [5, 5.41) is 3.06. The van der Waals surface area contributed by atoms with Crippen molar-refractivity contribution in [1.29, 1.82) is 0 Å². The molecule has 1 saturated heterocycles. The Morgan fingerprint density at radius 2 is 2.22 bits per heavy atom. The Hall–Kier alpha value is -0.420. The summed E-state index contributed by atoms with van der Waals surface area (Å²) in [5.74, 6) is -0.361. The predicted molar refractivity (Wildman–Crippen MR) is 38.2 cm³/mol. The van der Waals surface area contributed by atoms with Gasteiger partial charge in [-0.1, -0.05) is 0 Å². The summed E-state index contributed by atoms with van der Waals surface area (Å²) in [7, 11) is 0. The number of hydrogen-bond donors (Lipinski definition) is 2. The first-order valence-electron chi connectivity index (χ1n) is 2.11. The zero-order valence-corrected chi connectivity index (χ0v) is 5.96. The number of carbonyl (C=O) groups is 2. The number of rotatable bonds is 0. The van der Waals surface area contributed by atoms with Crippen molar-refractivity contribution >= 4 is 35.5 Å². The lowest BCUT2D eigenvalue weighted by atomic mass is 10.6. The van der Waals surface area contributed by atoms with Crippen molar-refractivity contribution in [2.45, 2.75) is 0 Å². The fraction of sp³-hybridized carbons (Fsp3) is 0. The summed E-state index contributed by atoms with van der Waals surface area (Å²) in [6, 6.07) is 0. The third-order valence-electron chi connectivity index (χ3n) is 0.759. The van der Waals surface area contributed by atoms with E-state index in [9.17, 15) is 9.59 Å². The minimum absolute atomic E-state index is 0.333. The number of nitrogens with one attached hydrogen (secondary N) is 1. The second-order valence-electron chi connectivity index (χ2n) is 1.34. The highest BCUT2D eigenvalue weighted by Gasteiger charge is 2.23. The molecular weight excluding hydrogens is 158 g/mol. The van der Waals surface area contributed by atoms with Gasteiger partial charge in [-0.25, -0.2) is 0 Å². The molecule has 3 nitrogen and oxygen atoms in total. The highest BCUT2D eigenvalue weighted by molar-refractivity contribution is 8.18. The Bertz CT molecular complexity index is 199. The Morgan fingerprint density at radius 1 is 1.56 bits per heavy atom. The molecule has 5 heteroatoms. The van der Waals surface area contributed by atoms with E-state index in [2.05, 4.69) is 17.9 Å². The average Bonchev–Trinajstić information content (AvgIpc) is 2.10. The van der Waals surface area contributed by atoms with Crippen LogP contribution in [0.1, 0.15) is 0 Å². The summed E-state index contributed by atoms with van der Waals surface area (Å²) in [4.78, 5) is 21.3. The minimum atomic E-state index is -0.361. The maximum absolute atomic E-state index is 10.5. The summed E-state index contributed by atoms with van der Waals surface area (Å²) < 4.78 is 0. The van der Waals surface area contributed by atoms with Gasteiger partial charge in [0.15, 0.2) is 0 Å². The predicted octanol–water partition coefficient (Wildman–Crippen LogP) is 0.741. The number of amides is 2. The van der Waals surface area contributed by atoms with Crippen molar-refractivity contribution in [1.82, 2.24) is 5.32 Å². The van der Waals surface area contributed by atoms with Gasteiger partial charge in [-0.3, -0.25) is 14.9 Å². The molecule has 1 aliphatic rings. The van der Waals surface area contributed by atoms with Gasteiger partial charge < -0.3 is 0 Å². The van der Waals surface area contributed by atoms with Crippen LogP contribution in [0.4, 0.5) is 4.79 Å². The molecule has 0 spiro atoms. The minimum Gasteiger partial charge on any atom is -0.282 e. The summed E-state index contributed by atoms with van der Waals surface area (Å²) in [5.41, 5.74) is 0. The topological polar surface area (TPSA) is 46.2 Å². The quantitative estimate of drug-likeness (QED) is 0.407. The molecule has 9 heavy (non-hydrogen) atoms. The first-order chi connectivity index (χ1) is 4.24. The molecule has 0 aromatic rings. The third-order valence-corrected chi connectivity index (χ3v) is 2.00. The molecule has 1 heterocycles. The van der Waals surface area contributed by atoms with E-state index in [1.165, 1.54) is 5.41 Å². The number of thioether (sulfide) groups is 1. The highest BCUT2D eigenvalue weighted by atomic mass is 32.2. The second-order valence-corrected chi connectivity index (χ2v) is 2.61. The van der Waals surface area contributed by atoms with Crippen LogP contribution < -0.4 is 5.32 Å². The van der Waals surface area contributed by atoms with Gasteiger partial charge in [0.05, 0.1) is 4.91 Å². The molecule has 1 N–H and O–H groups in total. The van der Waals surface area contributed by atoms with Gasteiger partial charge in [0.1, 0.15) is 0 Å². The van der Waals surface area contributed by atoms with Crippen LogP contribution in [0, 0.1) is 0 Å². The van der Waals surface area contributed by atoms with Gasteiger partial charge >= 0.3 is 0 Å². The van der Waals surface area contributed by atoms with Crippen LogP contribution in [0.25, 0.3) is 0 Å². The molecule has 0 aromatic carbocycles. The van der Waals surface area contributed by atoms with Gasteiger partial charge in [-0.15, -0.1) is 0 Å². The molecule has 48 valence electrons. The molecule has 0 radical (unpaired) electrons. The summed E-state index contributed by atoms with van der Waals surface area (Å²) in [6.07, 6.45) is 0. The van der Waals surface area contributed by atoms with Crippen molar-refractivity contribution < 1.29 is 9.59 Å². The lowest BCUT2D eigenvalue weighted by Gasteiger charge is -1.81. The van der Waals surface area contributed by atoms with Crippen LogP contribution in [0.15, 0.2) is 10.3 Å².